The van der Waals surface area contributed by atoms with Crippen molar-refractivity contribution in [2.24, 2.45) is 0 Å². The predicted molar refractivity (Wildman–Crippen MR) is 110 cm³/mol. The number of benzene rings is 2. The van der Waals surface area contributed by atoms with Gasteiger partial charge in [0.25, 0.3) is 5.91 Å². The van der Waals surface area contributed by atoms with Gasteiger partial charge in [-0.15, -0.1) is 0 Å². The lowest BCUT2D eigenvalue weighted by atomic mass is 10.0. The third-order valence-corrected chi connectivity index (χ3v) is 4.37. The Bertz CT molecular complexity index is 1210. The summed E-state index contributed by atoms with van der Waals surface area (Å²) in [5.74, 6) is -1.57. The Kier molecular flexibility index (Phi) is 5.43. The Labute approximate surface area is 171 Å². The van der Waals surface area contributed by atoms with E-state index in [0.717, 1.165) is 5.56 Å². The molecule has 0 saturated heterocycles. The van der Waals surface area contributed by atoms with E-state index in [4.69, 9.17) is 4.74 Å². The molecule has 0 aliphatic heterocycles. The fourth-order valence-corrected chi connectivity index (χ4v) is 2.95. The number of halogens is 1. The second-order valence-corrected chi connectivity index (χ2v) is 6.44. The van der Waals surface area contributed by atoms with Crippen molar-refractivity contribution in [2.75, 3.05) is 11.9 Å². The normalized spacial score (nSPS) is 10.6. The van der Waals surface area contributed by atoms with Crippen molar-refractivity contribution < 1.29 is 18.7 Å². The van der Waals surface area contributed by atoms with Crippen LogP contribution < -0.4 is 5.32 Å². The van der Waals surface area contributed by atoms with Crippen LogP contribution in [-0.4, -0.2) is 28.5 Å². The molecule has 6 nitrogen and oxygen atoms in total. The summed E-state index contributed by atoms with van der Waals surface area (Å²) in [5, 5.41) is 3.17. The second-order valence-electron chi connectivity index (χ2n) is 6.44. The summed E-state index contributed by atoms with van der Waals surface area (Å²) in [6, 6.07) is 17.7. The molecule has 0 aliphatic carbocycles. The first-order valence-electron chi connectivity index (χ1n) is 9.13. The smallest absolute Gasteiger partial charge is 0.339 e. The minimum atomic E-state index is -0.641. The van der Waals surface area contributed by atoms with E-state index in [1.165, 1.54) is 24.3 Å². The van der Waals surface area contributed by atoms with Gasteiger partial charge in [-0.25, -0.2) is 14.2 Å². The second kappa shape index (κ2) is 8.48. The lowest BCUT2D eigenvalue weighted by Crippen LogP contribution is -2.21. The number of carbonyl (C=O) groups excluding carboxylic acids is 2. The van der Waals surface area contributed by atoms with Crippen molar-refractivity contribution in [3.05, 3.63) is 90.5 Å². The maximum absolute atomic E-state index is 13.0. The fourth-order valence-electron chi connectivity index (χ4n) is 2.95. The summed E-state index contributed by atoms with van der Waals surface area (Å²) in [7, 11) is 0. The Balaban J connectivity index is 1.55. The van der Waals surface area contributed by atoms with Crippen LogP contribution in [0, 0.1) is 5.82 Å². The fraction of sp³-hybridized carbons (Fsp3) is 0.0435. The number of nitrogens with one attached hydrogen (secondary N) is 1. The molecule has 1 amide bonds. The topological polar surface area (TPSA) is 81.2 Å². The number of hydrogen-bond donors (Lipinski definition) is 1. The molecule has 4 rings (SSSR count). The molecule has 0 radical (unpaired) electrons. The summed E-state index contributed by atoms with van der Waals surface area (Å²) in [4.78, 5) is 33.4. The maximum atomic E-state index is 13.0. The van der Waals surface area contributed by atoms with Crippen LogP contribution in [0.15, 0.2) is 79.1 Å². The molecule has 0 bridgehead atoms. The Hall–Kier alpha value is -4.13. The summed E-state index contributed by atoms with van der Waals surface area (Å²) in [6.45, 7) is -0.475. The third kappa shape index (κ3) is 4.30. The molecule has 0 fully saturated rings. The highest BCUT2D eigenvalue weighted by Gasteiger charge is 2.16. The van der Waals surface area contributed by atoms with Crippen LogP contribution in [-0.2, 0) is 9.53 Å². The van der Waals surface area contributed by atoms with E-state index < -0.39 is 24.3 Å². The van der Waals surface area contributed by atoms with Crippen LogP contribution in [0.1, 0.15) is 10.4 Å². The van der Waals surface area contributed by atoms with Crippen molar-refractivity contribution in [1.29, 1.82) is 0 Å². The molecule has 148 valence electrons. The monoisotopic (exact) mass is 401 g/mol. The van der Waals surface area contributed by atoms with Crippen molar-refractivity contribution >= 4 is 28.5 Å². The number of nitrogens with zero attached hydrogens (tertiary/aromatic N) is 2. The summed E-state index contributed by atoms with van der Waals surface area (Å²) >= 11 is 0. The van der Waals surface area contributed by atoms with E-state index in [1.54, 1.807) is 48.8 Å². The number of ether oxygens (including phenoxy) is 1. The quantitative estimate of drug-likeness (QED) is 0.506. The highest BCUT2D eigenvalue weighted by atomic mass is 19.1. The van der Waals surface area contributed by atoms with Gasteiger partial charge in [-0.3, -0.25) is 9.78 Å². The van der Waals surface area contributed by atoms with Gasteiger partial charge in [-0.05, 0) is 48.5 Å². The van der Waals surface area contributed by atoms with Crippen LogP contribution in [0.2, 0.25) is 0 Å². The number of para-hydroxylation sites is 1. The number of rotatable bonds is 5. The Morgan fingerprint density at radius 1 is 0.967 bits per heavy atom. The number of carbonyl (C=O) groups is 2. The zero-order valence-electron chi connectivity index (χ0n) is 15.7. The number of esters is 1. The lowest BCUT2D eigenvalue weighted by Gasteiger charge is -2.10. The SMILES string of the molecule is O=C(COC(=O)c1cc(-c2ccncc2)nc2ccccc12)Nc1ccc(F)cc1. The predicted octanol–water partition coefficient (Wildman–Crippen LogP) is 4.23. The number of anilines is 1. The van der Waals surface area contributed by atoms with Gasteiger partial charge in [0.2, 0.25) is 0 Å². The molecule has 2 aromatic heterocycles. The van der Waals surface area contributed by atoms with Gasteiger partial charge < -0.3 is 10.1 Å². The first-order valence-corrected chi connectivity index (χ1v) is 9.13. The van der Waals surface area contributed by atoms with Gasteiger partial charge in [0.05, 0.1) is 16.8 Å². The molecule has 1 N–H and O–H groups in total. The molecule has 0 spiro atoms. The molecular formula is C23H16FN3O3. The van der Waals surface area contributed by atoms with E-state index in [0.29, 0.717) is 27.8 Å². The molecule has 2 heterocycles. The molecule has 0 saturated carbocycles. The number of hydrogen-bond acceptors (Lipinski definition) is 5. The van der Waals surface area contributed by atoms with E-state index in [9.17, 15) is 14.0 Å². The van der Waals surface area contributed by atoms with Crippen molar-refractivity contribution in [3.8, 4) is 11.3 Å². The largest absolute Gasteiger partial charge is 0.452 e. The highest BCUT2D eigenvalue weighted by Crippen LogP contribution is 2.25. The summed E-state index contributed by atoms with van der Waals surface area (Å²) in [6.07, 6.45) is 3.29. The zero-order valence-corrected chi connectivity index (χ0v) is 15.7. The lowest BCUT2D eigenvalue weighted by molar-refractivity contribution is -0.119. The van der Waals surface area contributed by atoms with Crippen LogP contribution in [0.5, 0.6) is 0 Å². The molecule has 30 heavy (non-hydrogen) atoms. The van der Waals surface area contributed by atoms with Crippen molar-refractivity contribution in [3.63, 3.8) is 0 Å². The standard InChI is InChI=1S/C23H16FN3O3/c24-16-5-7-17(8-6-16)26-22(28)14-30-23(29)19-13-21(15-9-11-25-12-10-15)27-20-4-2-1-3-18(19)20/h1-13H,14H2,(H,26,28). The zero-order chi connectivity index (χ0) is 20.9. The molecule has 0 atom stereocenters. The first-order chi connectivity index (χ1) is 14.6. The minimum Gasteiger partial charge on any atom is -0.452 e. The number of fused-ring (bicyclic) bond motifs is 1. The van der Waals surface area contributed by atoms with Gasteiger partial charge in [0, 0.05) is 29.0 Å². The number of pyridine rings is 2. The van der Waals surface area contributed by atoms with Gasteiger partial charge in [0.15, 0.2) is 6.61 Å². The van der Waals surface area contributed by atoms with E-state index in [2.05, 4.69) is 15.3 Å². The van der Waals surface area contributed by atoms with E-state index in [1.807, 2.05) is 6.07 Å². The van der Waals surface area contributed by atoms with Crippen LogP contribution in [0.3, 0.4) is 0 Å². The number of amides is 1. The van der Waals surface area contributed by atoms with Crippen LogP contribution >= 0.6 is 0 Å². The Morgan fingerprint density at radius 2 is 1.70 bits per heavy atom. The molecule has 2 aromatic carbocycles. The van der Waals surface area contributed by atoms with Crippen molar-refractivity contribution in [1.82, 2.24) is 9.97 Å². The van der Waals surface area contributed by atoms with Gasteiger partial charge in [-0.1, -0.05) is 18.2 Å². The van der Waals surface area contributed by atoms with E-state index in [-0.39, 0.29) is 0 Å². The first kappa shape index (κ1) is 19.2. The summed E-state index contributed by atoms with van der Waals surface area (Å²) in [5.41, 5.74) is 2.75. The molecule has 0 aliphatic rings. The van der Waals surface area contributed by atoms with Crippen molar-refractivity contribution in [2.45, 2.75) is 0 Å². The minimum absolute atomic E-state index is 0.307. The molecule has 4 aromatic rings. The Morgan fingerprint density at radius 3 is 2.47 bits per heavy atom. The average Bonchev–Trinajstić information content (AvgIpc) is 2.79. The number of aromatic nitrogens is 2. The van der Waals surface area contributed by atoms with Gasteiger partial charge >= 0.3 is 5.97 Å². The molecular weight excluding hydrogens is 385 g/mol. The van der Waals surface area contributed by atoms with Crippen LogP contribution in [0.25, 0.3) is 22.2 Å². The maximum Gasteiger partial charge on any atom is 0.339 e. The highest BCUT2D eigenvalue weighted by molar-refractivity contribution is 6.05. The van der Waals surface area contributed by atoms with E-state index >= 15 is 0 Å². The van der Waals surface area contributed by atoms with Crippen LogP contribution in [0.4, 0.5) is 10.1 Å². The molecule has 0 unspecified atom stereocenters. The third-order valence-electron chi connectivity index (χ3n) is 4.37. The summed E-state index contributed by atoms with van der Waals surface area (Å²) < 4.78 is 18.2. The average molecular weight is 401 g/mol. The van der Waals surface area contributed by atoms with Gasteiger partial charge in [-0.2, -0.15) is 0 Å². The van der Waals surface area contributed by atoms with Gasteiger partial charge in [0.1, 0.15) is 5.82 Å². The molecule has 7 heteroatoms.